The van der Waals surface area contributed by atoms with Gasteiger partial charge in [0.1, 0.15) is 11.4 Å². The van der Waals surface area contributed by atoms with Gasteiger partial charge in [0.25, 0.3) is 0 Å². The molecule has 0 aliphatic carbocycles. The Hall–Kier alpha value is -1.79. The third-order valence-electron chi connectivity index (χ3n) is 2.97. The first-order chi connectivity index (χ1) is 9.85. The molecular formula is C15H22N2O4. The van der Waals surface area contributed by atoms with Crippen LogP contribution >= 0.6 is 0 Å². The number of hydrogen-bond acceptors (Lipinski definition) is 5. The molecule has 0 bridgehead atoms. The van der Waals surface area contributed by atoms with Crippen LogP contribution in [0.25, 0.3) is 0 Å². The van der Waals surface area contributed by atoms with E-state index in [1.807, 2.05) is 0 Å². The highest BCUT2D eigenvalue weighted by atomic mass is 16.6. The van der Waals surface area contributed by atoms with Gasteiger partial charge in [-0.25, -0.2) is 4.79 Å². The van der Waals surface area contributed by atoms with E-state index >= 15 is 0 Å². The number of hydrogen-bond donors (Lipinski definition) is 3. The molecule has 1 fully saturated rings. The van der Waals surface area contributed by atoms with Crippen LogP contribution in [-0.2, 0) is 9.47 Å². The molecule has 1 aromatic rings. The first-order valence-electron chi connectivity index (χ1n) is 6.99. The Bertz CT molecular complexity index is 505. The van der Waals surface area contributed by atoms with E-state index in [1.165, 1.54) is 0 Å². The van der Waals surface area contributed by atoms with Crippen molar-refractivity contribution in [1.82, 2.24) is 5.32 Å². The van der Waals surface area contributed by atoms with Gasteiger partial charge < -0.3 is 19.9 Å². The molecule has 0 spiro atoms. The zero-order chi connectivity index (χ0) is 15.5. The van der Waals surface area contributed by atoms with E-state index in [2.05, 4.69) is 10.6 Å². The lowest BCUT2D eigenvalue weighted by Crippen LogP contribution is -2.34. The number of ether oxygens (including phenoxy) is 2. The summed E-state index contributed by atoms with van der Waals surface area (Å²) in [5.41, 5.74) is 0.718. The highest BCUT2D eigenvalue weighted by Crippen LogP contribution is 2.28. The molecule has 2 rings (SSSR count). The normalized spacial score (nSPS) is 19.1. The van der Waals surface area contributed by atoms with Gasteiger partial charge in [-0.1, -0.05) is 0 Å². The molecule has 1 atom stereocenters. The molecule has 1 aliphatic heterocycles. The van der Waals surface area contributed by atoms with Crippen molar-refractivity contribution in [2.75, 3.05) is 25.1 Å². The maximum absolute atomic E-state index is 11.8. The van der Waals surface area contributed by atoms with Crippen LogP contribution < -0.4 is 10.6 Å². The number of nitrogens with one attached hydrogen (secondary N) is 2. The predicted molar refractivity (Wildman–Crippen MR) is 79.5 cm³/mol. The smallest absolute Gasteiger partial charge is 0.412 e. The highest BCUT2D eigenvalue weighted by Gasteiger charge is 2.20. The summed E-state index contributed by atoms with van der Waals surface area (Å²) in [6.45, 7) is 7.29. The van der Waals surface area contributed by atoms with E-state index in [0.717, 1.165) is 6.54 Å². The average molecular weight is 294 g/mol. The number of amides is 1. The lowest BCUT2D eigenvalue weighted by molar-refractivity contribution is 0.0636. The number of carbonyl (C=O) groups is 1. The van der Waals surface area contributed by atoms with E-state index in [9.17, 15) is 9.90 Å². The van der Waals surface area contributed by atoms with Gasteiger partial charge in [-0.2, -0.15) is 0 Å². The monoisotopic (exact) mass is 294 g/mol. The van der Waals surface area contributed by atoms with Crippen LogP contribution in [0, 0.1) is 0 Å². The molecule has 1 unspecified atom stereocenters. The first kappa shape index (κ1) is 15.6. The number of benzene rings is 1. The topological polar surface area (TPSA) is 79.8 Å². The largest absolute Gasteiger partial charge is 0.508 e. The Morgan fingerprint density at radius 3 is 2.86 bits per heavy atom. The molecule has 0 saturated carbocycles. The number of aromatic hydroxyl groups is 1. The van der Waals surface area contributed by atoms with Crippen LogP contribution in [0.2, 0.25) is 0 Å². The molecule has 1 heterocycles. The number of rotatable bonds is 2. The standard InChI is InChI=1S/C15H22N2O4/c1-15(2,3)21-14(19)17-10-4-5-13(18)11(8-10)12-9-20-7-6-16-12/h4-5,8,12,16,18H,6-7,9H2,1-3H3,(H,17,19). The maximum atomic E-state index is 11.8. The van der Waals surface area contributed by atoms with E-state index in [1.54, 1.807) is 39.0 Å². The Balaban J connectivity index is 2.09. The maximum Gasteiger partial charge on any atom is 0.412 e. The van der Waals surface area contributed by atoms with Gasteiger partial charge in [0.05, 0.1) is 19.3 Å². The Morgan fingerprint density at radius 2 is 2.24 bits per heavy atom. The van der Waals surface area contributed by atoms with Crippen LogP contribution in [0.5, 0.6) is 5.75 Å². The van der Waals surface area contributed by atoms with Crippen molar-refractivity contribution in [3.63, 3.8) is 0 Å². The van der Waals surface area contributed by atoms with Gasteiger partial charge in [-0.15, -0.1) is 0 Å². The minimum Gasteiger partial charge on any atom is -0.508 e. The van der Waals surface area contributed by atoms with Crippen molar-refractivity contribution in [2.24, 2.45) is 0 Å². The number of morpholine rings is 1. The van der Waals surface area contributed by atoms with Crippen LogP contribution in [0.1, 0.15) is 32.4 Å². The fourth-order valence-corrected chi connectivity index (χ4v) is 2.10. The molecule has 1 amide bonds. The van der Waals surface area contributed by atoms with Crippen molar-refractivity contribution in [2.45, 2.75) is 32.4 Å². The SMILES string of the molecule is CC(C)(C)OC(=O)Nc1ccc(O)c(C2COCCN2)c1. The van der Waals surface area contributed by atoms with Gasteiger partial charge in [-0.3, -0.25) is 5.32 Å². The van der Waals surface area contributed by atoms with Crippen molar-refractivity contribution in [1.29, 1.82) is 0 Å². The molecule has 116 valence electrons. The molecule has 3 N–H and O–H groups in total. The third kappa shape index (κ3) is 4.61. The van der Waals surface area contributed by atoms with Crippen molar-refractivity contribution in [3.8, 4) is 5.75 Å². The zero-order valence-electron chi connectivity index (χ0n) is 12.6. The average Bonchev–Trinajstić information content (AvgIpc) is 2.40. The highest BCUT2D eigenvalue weighted by molar-refractivity contribution is 5.85. The summed E-state index contributed by atoms with van der Waals surface area (Å²) in [6, 6.07) is 4.83. The second kappa shape index (κ2) is 6.32. The van der Waals surface area contributed by atoms with Crippen LogP contribution in [0.4, 0.5) is 10.5 Å². The van der Waals surface area contributed by atoms with Crippen LogP contribution in [-0.4, -0.2) is 36.6 Å². The lowest BCUT2D eigenvalue weighted by Gasteiger charge is -2.25. The predicted octanol–water partition coefficient (Wildman–Crippen LogP) is 2.40. The van der Waals surface area contributed by atoms with Gasteiger partial charge in [0.2, 0.25) is 0 Å². The fourth-order valence-electron chi connectivity index (χ4n) is 2.10. The summed E-state index contributed by atoms with van der Waals surface area (Å²) in [5, 5.41) is 15.9. The van der Waals surface area contributed by atoms with E-state index in [0.29, 0.717) is 24.5 Å². The second-order valence-corrected chi connectivity index (χ2v) is 5.98. The van der Waals surface area contributed by atoms with Crippen molar-refractivity contribution in [3.05, 3.63) is 23.8 Å². The quantitative estimate of drug-likeness (QED) is 0.730. The minimum absolute atomic E-state index is 0.0841. The number of phenols is 1. The fraction of sp³-hybridized carbons (Fsp3) is 0.533. The summed E-state index contributed by atoms with van der Waals surface area (Å²) < 4.78 is 10.6. The van der Waals surface area contributed by atoms with Crippen LogP contribution in [0.15, 0.2) is 18.2 Å². The van der Waals surface area contributed by atoms with Gasteiger partial charge in [0, 0.05) is 17.8 Å². The third-order valence-corrected chi connectivity index (χ3v) is 2.97. The Kier molecular flexibility index (Phi) is 4.69. The zero-order valence-corrected chi connectivity index (χ0v) is 12.6. The lowest BCUT2D eigenvalue weighted by atomic mass is 10.0. The minimum atomic E-state index is -0.553. The molecule has 6 nitrogen and oxygen atoms in total. The molecule has 0 aromatic heterocycles. The van der Waals surface area contributed by atoms with Gasteiger partial charge in [-0.05, 0) is 39.0 Å². The Morgan fingerprint density at radius 1 is 1.48 bits per heavy atom. The first-order valence-corrected chi connectivity index (χ1v) is 6.99. The molecule has 6 heteroatoms. The Labute approximate surface area is 124 Å². The molecule has 1 aromatic carbocycles. The molecule has 1 saturated heterocycles. The summed E-state index contributed by atoms with van der Waals surface area (Å²) in [4.78, 5) is 11.8. The van der Waals surface area contributed by atoms with Crippen LogP contribution in [0.3, 0.4) is 0 Å². The van der Waals surface area contributed by atoms with E-state index in [4.69, 9.17) is 9.47 Å². The second-order valence-electron chi connectivity index (χ2n) is 5.98. The molecule has 1 aliphatic rings. The van der Waals surface area contributed by atoms with Gasteiger partial charge >= 0.3 is 6.09 Å². The number of carbonyl (C=O) groups excluding carboxylic acids is 1. The summed E-state index contributed by atoms with van der Waals surface area (Å²) in [7, 11) is 0. The number of anilines is 1. The van der Waals surface area contributed by atoms with Gasteiger partial charge in [0.15, 0.2) is 0 Å². The molecule has 21 heavy (non-hydrogen) atoms. The van der Waals surface area contributed by atoms with Crippen molar-refractivity contribution < 1.29 is 19.4 Å². The summed E-state index contributed by atoms with van der Waals surface area (Å²) in [5.74, 6) is 0.174. The van der Waals surface area contributed by atoms with E-state index in [-0.39, 0.29) is 11.8 Å². The summed E-state index contributed by atoms with van der Waals surface area (Å²) in [6.07, 6.45) is -0.521. The number of phenolic OH excluding ortho intramolecular Hbond substituents is 1. The van der Waals surface area contributed by atoms with E-state index < -0.39 is 11.7 Å². The molecular weight excluding hydrogens is 272 g/mol. The summed E-state index contributed by atoms with van der Waals surface area (Å²) >= 11 is 0. The molecule has 0 radical (unpaired) electrons. The van der Waals surface area contributed by atoms with Crippen molar-refractivity contribution >= 4 is 11.8 Å².